The highest BCUT2D eigenvalue weighted by Crippen LogP contribution is 2.39. The number of carboxylic acids is 1. The average Bonchev–Trinajstić information content (AvgIpc) is 3.69. The van der Waals surface area contributed by atoms with Crippen LogP contribution in [0.15, 0.2) is 59.5 Å². The first-order valence-corrected chi connectivity index (χ1v) is 12.1. The number of benzene rings is 2. The van der Waals surface area contributed by atoms with Gasteiger partial charge in [0.2, 0.25) is 5.43 Å². The molecular formula is C29H23N3O5. The number of imide groups is 1. The van der Waals surface area contributed by atoms with Gasteiger partial charge in [-0.3, -0.25) is 24.3 Å². The Labute approximate surface area is 211 Å². The molecule has 3 heterocycles. The van der Waals surface area contributed by atoms with E-state index >= 15 is 0 Å². The van der Waals surface area contributed by atoms with Gasteiger partial charge >= 0.3 is 5.97 Å². The molecule has 0 saturated heterocycles. The van der Waals surface area contributed by atoms with E-state index < -0.39 is 11.4 Å². The lowest BCUT2D eigenvalue weighted by Gasteiger charge is -2.18. The van der Waals surface area contributed by atoms with E-state index in [0.29, 0.717) is 22.2 Å². The lowest BCUT2D eigenvalue weighted by atomic mass is 9.96. The maximum absolute atomic E-state index is 12.9. The number of pyridine rings is 2. The molecule has 1 aliphatic heterocycles. The Balaban J connectivity index is 1.44. The SMILES string of the molecule is Cc1cc(-c2ccc3c(=O)c(C(=O)O)cn(C4CC4)c3c2C)cc(CN2C(=O)c3ccccc3C2=O)n1. The van der Waals surface area contributed by atoms with Crippen molar-refractivity contribution in [3.63, 3.8) is 0 Å². The molecule has 1 saturated carbocycles. The molecule has 2 aromatic heterocycles. The number of rotatable bonds is 5. The number of carbonyl (C=O) groups excluding carboxylic acids is 2. The van der Waals surface area contributed by atoms with Crippen LogP contribution in [0.3, 0.4) is 0 Å². The smallest absolute Gasteiger partial charge is 0.341 e. The van der Waals surface area contributed by atoms with Crippen molar-refractivity contribution in [3.05, 3.63) is 98.6 Å². The van der Waals surface area contributed by atoms with Gasteiger partial charge in [0.15, 0.2) is 0 Å². The largest absolute Gasteiger partial charge is 0.477 e. The number of amides is 2. The molecule has 1 fully saturated rings. The molecule has 2 aromatic carbocycles. The van der Waals surface area contributed by atoms with Gasteiger partial charge in [0, 0.05) is 23.3 Å². The molecular weight excluding hydrogens is 470 g/mol. The maximum atomic E-state index is 12.9. The molecule has 2 amide bonds. The number of aromatic nitrogens is 2. The number of aryl methyl sites for hydroxylation is 2. The van der Waals surface area contributed by atoms with Gasteiger partial charge in [-0.2, -0.15) is 0 Å². The summed E-state index contributed by atoms with van der Waals surface area (Å²) in [5, 5.41) is 9.93. The van der Waals surface area contributed by atoms with E-state index in [1.165, 1.54) is 11.1 Å². The first-order chi connectivity index (χ1) is 17.7. The van der Waals surface area contributed by atoms with Gasteiger partial charge in [-0.15, -0.1) is 0 Å². The van der Waals surface area contributed by atoms with Crippen molar-refractivity contribution in [1.29, 1.82) is 0 Å². The van der Waals surface area contributed by atoms with E-state index in [1.54, 1.807) is 30.3 Å². The van der Waals surface area contributed by atoms with Gasteiger partial charge < -0.3 is 9.67 Å². The van der Waals surface area contributed by atoms with Crippen LogP contribution in [0, 0.1) is 13.8 Å². The van der Waals surface area contributed by atoms with Crippen LogP contribution in [-0.2, 0) is 6.54 Å². The Kier molecular flexibility index (Phi) is 5.08. The summed E-state index contributed by atoms with van der Waals surface area (Å²) >= 11 is 0. The van der Waals surface area contributed by atoms with E-state index in [1.807, 2.05) is 36.6 Å². The predicted molar refractivity (Wildman–Crippen MR) is 137 cm³/mol. The van der Waals surface area contributed by atoms with Crippen LogP contribution in [-0.4, -0.2) is 37.3 Å². The molecule has 37 heavy (non-hydrogen) atoms. The summed E-state index contributed by atoms with van der Waals surface area (Å²) < 4.78 is 1.92. The third-order valence-corrected chi connectivity index (χ3v) is 7.13. The predicted octanol–water partition coefficient (Wildman–Crippen LogP) is 4.51. The van der Waals surface area contributed by atoms with Gasteiger partial charge in [-0.25, -0.2) is 4.79 Å². The quantitative estimate of drug-likeness (QED) is 0.410. The molecule has 8 heteroatoms. The molecule has 0 bridgehead atoms. The zero-order valence-corrected chi connectivity index (χ0v) is 20.3. The fourth-order valence-electron chi connectivity index (χ4n) is 5.25. The van der Waals surface area contributed by atoms with Crippen LogP contribution in [0.4, 0.5) is 0 Å². The number of hydrogen-bond acceptors (Lipinski definition) is 5. The van der Waals surface area contributed by atoms with Crippen molar-refractivity contribution < 1.29 is 19.5 Å². The Morgan fingerprint density at radius 1 is 0.973 bits per heavy atom. The van der Waals surface area contributed by atoms with Crippen LogP contribution in [0.2, 0.25) is 0 Å². The topological polar surface area (TPSA) is 110 Å². The van der Waals surface area contributed by atoms with Crippen molar-refractivity contribution in [1.82, 2.24) is 14.5 Å². The summed E-state index contributed by atoms with van der Waals surface area (Å²) in [5.41, 5.74) is 4.67. The van der Waals surface area contributed by atoms with Gasteiger partial charge in [-0.1, -0.05) is 18.2 Å². The lowest BCUT2D eigenvalue weighted by molar-refractivity contribution is 0.0637. The molecule has 8 nitrogen and oxygen atoms in total. The summed E-state index contributed by atoms with van der Waals surface area (Å²) in [5.74, 6) is -1.91. The third-order valence-electron chi connectivity index (χ3n) is 7.13. The number of carbonyl (C=O) groups is 3. The molecule has 0 spiro atoms. The summed E-state index contributed by atoms with van der Waals surface area (Å²) in [6.45, 7) is 3.82. The van der Waals surface area contributed by atoms with Gasteiger partial charge in [0.25, 0.3) is 11.8 Å². The molecule has 184 valence electrons. The van der Waals surface area contributed by atoms with E-state index in [0.717, 1.165) is 40.7 Å². The summed E-state index contributed by atoms with van der Waals surface area (Å²) in [4.78, 5) is 56.2. The fraction of sp³-hybridized carbons (Fsp3) is 0.207. The van der Waals surface area contributed by atoms with Crippen molar-refractivity contribution in [2.24, 2.45) is 0 Å². The highest BCUT2D eigenvalue weighted by atomic mass is 16.4. The summed E-state index contributed by atoms with van der Waals surface area (Å²) in [7, 11) is 0. The van der Waals surface area contributed by atoms with Crippen molar-refractivity contribution >= 4 is 28.7 Å². The second-order valence-corrected chi connectivity index (χ2v) is 9.68. The Hall–Kier alpha value is -4.59. The monoisotopic (exact) mass is 493 g/mol. The standard InChI is InChI=1S/C29H23N3O5/c1-15-11-17(12-18(30-15)13-32-27(34)21-5-3-4-6-22(21)28(32)35)20-9-10-23-25(16(20)2)31(19-7-8-19)14-24(26(23)33)29(36)37/h3-6,9-12,14,19H,7-8,13H2,1-2H3,(H,36,37). The first-order valence-electron chi connectivity index (χ1n) is 12.1. The van der Waals surface area contributed by atoms with Crippen molar-refractivity contribution in [2.75, 3.05) is 0 Å². The number of fused-ring (bicyclic) bond motifs is 2. The van der Waals surface area contributed by atoms with Crippen LogP contribution in [0.5, 0.6) is 0 Å². The van der Waals surface area contributed by atoms with Crippen LogP contribution >= 0.6 is 0 Å². The fourth-order valence-corrected chi connectivity index (χ4v) is 5.25. The van der Waals surface area contributed by atoms with Crippen molar-refractivity contribution in [3.8, 4) is 11.1 Å². The van der Waals surface area contributed by atoms with Crippen molar-refractivity contribution in [2.45, 2.75) is 39.3 Å². The second kappa shape index (κ2) is 8.23. The normalized spacial score (nSPS) is 14.9. The highest BCUT2D eigenvalue weighted by Gasteiger charge is 2.35. The van der Waals surface area contributed by atoms with Gasteiger partial charge in [0.05, 0.1) is 28.9 Å². The highest BCUT2D eigenvalue weighted by molar-refractivity contribution is 6.21. The lowest BCUT2D eigenvalue weighted by Crippen LogP contribution is -2.29. The Morgan fingerprint density at radius 2 is 1.65 bits per heavy atom. The summed E-state index contributed by atoms with van der Waals surface area (Å²) in [6.07, 6.45) is 3.33. The van der Waals surface area contributed by atoms with E-state index in [2.05, 4.69) is 4.98 Å². The van der Waals surface area contributed by atoms with Gasteiger partial charge in [-0.05, 0) is 73.7 Å². The molecule has 2 aliphatic rings. The van der Waals surface area contributed by atoms with Crippen LogP contribution in [0.1, 0.15) is 66.9 Å². The number of nitrogens with zero attached hydrogens (tertiary/aromatic N) is 3. The zero-order chi connectivity index (χ0) is 26.0. The number of hydrogen-bond donors (Lipinski definition) is 1. The molecule has 0 unspecified atom stereocenters. The summed E-state index contributed by atoms with van der Waals surface area (Å²) in [6, 6.07) is 14.2. The van der Waals surface area contributed by atoms with Crippen LogP contribution < -0.4 is 5.43 Å². The number of aromatic carboxylic acids is 1. The molecule has 4 aromatic rings. The van der Waals surface area contributed by atoms with E-state index in [4.69, 9.17) is 0 Å². The third kappa shape index (κ3) is 3.64. The average molecular weight is 494 g/mol. The first kappa shape index (κ1) is 22.8. The van der Waals surface area contributed by atoms with E-state index in [9.17, 15) is 24.3 Å². The van der Waals surface area contributed by atoms with Gasteiger partial charge in [0.1, 0.15) is 5.56 Å². The molecule has 1 N–H and O–H groups in total. The molecule has 0 atom stereocenters. The second-order valence-electron chi connectivity index (χ2n) is 9.68. The molecule has 6 rings (SSSR count). The molecule has 1 aliphatic carbocycles. The maximum Gasteiger partial charge on any atom is 0.341 e. The minimum Gasteiger partial charge on any atom is -0.477 e. The minimum atomic E-state index is -1.23. The number of carboxylic acid groups (broad SMARTS) is 1. The Morgan fingerprint density at radius 3 is 2.27 bits per heavy atom. The Bertz CT molecular complexity index is 1700. The zero-order valence-electron chi connectivity index (χ0n) is 20.3. The van der Waals surface area contributed by atoms with Crippen LogP contribution in [0.25, 0.3) is 22.0 Å². The van der Waals surface area contributed by atoms with E-state index in [-0.39, 0.29) is 30.0 Å². The minimum absolute atomic E-state index is 0.0441. The molecule has 0 radical (unpaired) electrons.